The molecular formula is C18H20FN3O5S. The minimum Gasteiger partial charge on any atom is -0.351 e. The van der Waals surface area contributed by atoms with Crippen LogP contribution in [0.15, 0.2) is 35.2 Å². The van der Waals surface area contributed by atoms with Crippen LogP contribution in [0.25, 0.3) is 0 Å². The summed E-state index contributed by atoms with van der Waals surface area (Å²) in [6.07, 6.45) is 0. The highest BCUT2D eigenvalue weighted by atomic mass is 32.2. The Hall–Kier alpha value is -2.85. The van der Waals surface area contributed by atoms with E-state index >= 15 is 0 Å². The van der Waals surface area contributed by atoms with Crippen LogP contribution in [-0.2, 0) is 10.0 Å². The molecule has 0 radical (unpaired) electrons. The van der Waals surface area contributed by atoms with Gasteiger partial charge in [0.05, 0.1) is 15.4 Å². The number of nitro groups is 1. The standard InChI is InChI=1S/C18H20FN3O5S/c1-11-4-5-12(2)17(8-11)28(26,27)21-7-6-20-18(23)14-9-15(19)13(3)16(10-14)22(24)25/h4-5,8-10,21H,6-7H2,1-3H3,(H,20,23). The molecule has 1 amide bonds. The molecule has 2 aromatic rings. The lowest BCUT2D eigenvalue weighted by molar-refractivity contribution is -0.385. The first kappa shape index (κ1) is 21.5. The van der Waals surface area contributed by atoms with E-state index in [1.165, 1.54) is 6.92 Å². The number of nitrogens with one attached hydrogen (secondary N) is 2. The normalized spacial score (nSPS) is 11.3. The van der Waals surface area contributed by atoms with Crippen LogP contribution in [0.2, 0.25) is 0 Å². The Morgan fingerprint density at radius 1 is 1.14 bits per heavy atom. The van der Waals surface area contributed by atoms with Gasteiger partial charge in [-0.25, -0.2) is 17.5 Å². The molecule has 0 aromatic heterocycles. The number of nitro benzene ring substituents is 1. The quantitative estimate of drug-likeness (QED) is 0.413. The zero-order chi connectivity index (χ0) is 21.1. The molecule has 28 heavy (non-hydrogen) atoms. The van der Waals surface area contributed by atoms with Crippen LogP contribution in [-0.4, -0.2) is 32.3 Å². The summed E-state index contributed by atoms with van der Waals surface area (Å²) in [6, 6.07) is 6.93. The van der Waals surface area contributed by atoms with Gasteiger partial charge in [-0.15, -0.1) is 0 Å². The van der Waals surface area contributed by atoms with E-state index in [4.69, 9.17) is 0 Å². The van der Waals surface area contributed by atoms with E-state index in [1.807, 2.05) is 0 Å². The zero-order valence-electron chi connectivity index (χ0n) is 15.6. The molecule has 0 aliphatic rings. The summed E-state index contributed by atoms with van der Waals surface area (Å²) in [4.78, 5) is 22.4. The molecule has 8 nitrogen and oxygen atoms in total. The number of sulfonamides is 1. The van der Waals surface area contributed by atoms with Crippen molar-refractivity contribution in [3.63, 3.8) is 0 Å². The third-order valence-electron chi connectivity index (χ3n) is 4.11. The van der Waals surface area contributed by atoms with Crippen molar-refractivity contribution >= 4 is 21.6 Å². The van der Waals surface area contributed by atoms with Gasteiger partial charge in [-0.05, 0) is 44.0 Å². The maximum atomic E-state index is 13.8. The first-order chi connectivity index (χ1) is 13.0. The summed E-state index contributed by atoms with van der Waals surface area (Å²) < 4.78 is 40.9. The second-order valence-corrected chi connectivity index (χ2v) is 8.02. The maximum absolute atomic E-state index is 13.8. The van der Waals surface area contributed by atoms with Gasteiger partial charge < -0.3 is 5.32 Å². The van der Waals surface area contributed by atoms with Crippen LogP contribution in [0.5, 0.6) is 0 Å². The molecule has 0 spiro atoms. The number of amides is 1. The monoisotopic (exact) mass is 409 g/mol. The molecule has 0 aliphatic heterocycles. The van der Waals surface area contributed by atoms with Gasteiger partial charge in [-0.1, -0.05) is 12.1 Å². The second kappa shape index (κ2) is 8.44. The van der Waals surface area contributed by atoms with Gasteiger partial charge in [0.1, 0.15) is 5.82 Å². The summed E-state index contributed by atoms with van der Waals surface area (Å²) in [5.74, 6) is -1.61. The second-order valence-electron chi connectivity index (χ2n) is 6.28. The highest BCUT2D eigenvalue weighted by Crippen LogP contribution is 2.22. The largest absolute Gasteiger partial charge is 0.351 e. The lowest BCUT2D eigenvalue weighted by Crippen LogP contribution is -2.35. The van der Waals surface area contributed by atoms with E-state index in [0.29, 0.717) is 5.56 Å². The van der Waals surface area contributed by atoms with Crippen LogP contribution in [0.3, 0.4) is 0 Å². The van der Waals surface area contributed by atoms with Crippen LogP contribution < -0.4 is 10.0 Å². The van der Waals surface area contributed by atoms with Crippen molar-refractivity contribution < 1.29 is 22.5 Å². The average molecular weight is 409 g/mol. The van der Waals surface area contributed by atoms with Crippen molar-refractivity contribution in [2.75, 3.05) is 13.1 Å². The number of carbonyl (C=O) groups is 1. The van der Waals surface area contributed by atoms with E-state index in [-0.39, 0.29) is 29.1 Å². The molecule has 0 heterocycles. The van der Waals surface area contributed by atoms with E-state index in [0.717, 1.165) is 17.7 Å². The molecule has 0 fully saturated rings. The highest BCUT2D eigenvalue weighted by Gasteiger charge is 2.20. The summed E-state index contributed by atoms with van der Waals surface area (Å²) in [5, 5.41) is 13.3. The summed E-state index contributed by atoms with van der Waals surface area (Å²) in [7, 11) is -3.76. The van der Waals surface area contributed by atoms with Crippen molar-refractivity contribution in [3.05, 3.63) is 68.5 Å². The number of hydrogen-bond acceptors (Lipinski definition) is 5. The number of nitrogens with zero attached hydrogens (tertiary/aromatic N) is 1. The fourth-order valence-electron chi connectivity index (χ4n) is 2.52. The first-order valence-electron chi connectivity index (χ1n) is 8.32. The molecule has 10 heteroatoms. The summed E-state index contributed by atoms with van der Waals surface area (Å²) in [6.45, 7) is 4.52. The van der Waals surface area contributed by atoms with Crippen molar-refractivity contribution in [1.82, 2.24) is 10.0 Å². The van der Waals surface area contributed by atoms with Gasteiger partial charge >= 0.3 is 0 Å². The first-order valence-corrected chi connectivity index (χ1v) is 9.81. The molecule has 0 saturated carbocycles. The van der Waals surface area contributed by atoms with Gasteiger partial charge in [0, 0.05) is 24.7 Å². The topological polar surface area (TPSA) is 118 Å². The van der Waals surface area contributed by atoms with Gasteiger partial charge in [0.25, 0.3) is 11.6 Å². The van der Waals surface area contributed by atoms with E-state index in [9.17, 15) is 27.7 Å². The number of benzene rings is 2. The Morgan fingerprint density at radius 3 is 2.46 bits per heavy atom. The SMILES string of the molecule is Cc1ccc(C)c(S(=O)(=O)NCCNC(=O)c2cc(F)c(C)c([N+](=O)[O-])c2)c1. The molecular weight excluding hydrogens is 389 g/mol. The van der Waals surface area contributed by atoms with E-state index < -0.39 is 32.4 Å². The van der Waals surface area contributed by atoms with E-state index in [1.54, 1.807) is 32.0 Å². The smallest absolute Gasteiger partial charge is 0.276 e. The number of carbonyl (C=O) groups excluding carboxylic acids is 1. The minimum atomic E-state index is -3.76. The lowest BCUT2D eigenvalue weighted by atomic mass is 10.1. The zero-order valence-corrected chi connectivity index (χ0v) is 16.4. The van der Waals surface area contributed by atoms with Crippen LogP contribution >= 0.6 is 0 Å². The molecule has 0 aliphatic carbocycles. The van der Waals surface area contributed by atoms with Crippen molar-refractivity contribution in [2.24, 2.45) is 0 Å². The Bertz CT molecular complexity index is 1040. The Kier molecular flexibility index (Phi) is 6.47. The summed E-state index contributed by atoms with van der Waals surface area (Å²) in [5.41, 5.74) is 0.502. The van der Waals surface area contributed by atoms with Gasteiger partial charge in [0.15, 0.2) is 0 Å². The fourth-order valence-corrected chi connectivity index (χ4v) is 3.88. The maximum Gasteiger partial charge on any atom is 0.276 e. The molecule has 0 unspecified atom stereocenters. The molecule has 2 aromatic carbocycles. The molecule has 2 rings (SSSR count). The number of hydrogen-bond donors (Lipinski definition) is 2. The fraction of sp³-hybridized carbons (Fsp3) is 0.278. The molecule has 2 N–H and O–H groups in total. The van der Waals surface area contributed by atoms with Crippen LogP contribution in [0.1, 0.15) is 27.0 Å². The third kappa shape index (κ3) is 4.90. The minimum absolute atomic E-state index is 0.0772. The Morgan fingerprint density at radius 2 is 1.82 bits per heavy atom. The third-order valence-corrected chi connectivity index (χ3v) is 5.71. The van der Waals surface area contributed by atoms with Gasteiger partial charge in [-0.2, -0.15) is 0 Å². The van der Waals surface area contributed by atoms with Crippen LogP contribution in [0, 0.1) is 36.7 Å². The Balaban J connectivity index is 2.01. The molecule has 0 bridgehead atoms. The van der Waals surface area contributed by atoms with Crippen LogP contribution in [0.4, 0.5) is 10.1 Å². The number of halogens is 1. The lowest BCUT2D eigenvalue weighted by Gasteiger charge is -2.11. The molecule has 150 valence electrons. The summed E-state index contributed by atoms with van der Waals surface area (Å²) >= 11 is 0. The highest BCUT2D eigenvalue weighted by molar-refractivity contribution is 7.89. The van der Waals surface area contributed by atoms with Gasteiger partial charge in [-0.3, -0.25) is 14.9 Å². The van der Waals surface area contributed by atoms with Crippen molar-refractivity contribution in [3.8, 4) is 0 Å². The number of rotatable bonds is 7. The number of aryl methyl sites for hydroxylation is 2. The Labute approximate surface area is 162 Å². The van der Waals surface area contributed by atoms with Gasteiger partial charge in [0.2, 0.25) is 10.0 Å². The predicted molar refractivity (Wildman–Crippen MR) is 101 cm³/mol. The molecule has 0 saturated heterocycles. The predicted octanol–water partition coefficient (Wildman–Crippen LogP) is 2.37. The van der Waals surface area contributed by atoms with Crippen molar-refractivity contribution in [2.45, 2.75) is 25.7 Å². The van der Waals surface area contributed by atoms with Crippen molar-refractivity contribution in [1.29, 1.82) is 0 Å². The molecule has 0 atom stereocenters. The average Bonchev–Trinajstić information content (AvgIpc) is 2.62. The van der Waals surface area contributed by atoms with E-state index in [2.05, 4.69) is 10.0 Å².